The van der Waals surface area contributed by atoms with Gasteiger partial charge in [-0.25, -0.2) is 4.98 Å². The molecule has 8 heteroatoms. The standard InChI is InChI=1S/C17H24N6O2/c1-3-10-5-6-11(4-2)23(9-10)17(25)16(24)21-13-8-19-15(18)12-7-20-22-14(12)13/h7-8,10-11H,3-6,9H2,1-2H3,(H2,18,19)(H,20,22)(H,21,24)/t10-,11+/m1/s1. The highest BCUT2D eigenvalue weighted by atomic mass is 16.2. The summed E-state index contributed by atoms with van der Waals surface area (Å²) in [5, 5.41) is 9.96. The number of amides is 2. The normalized spacial score (nSPS) is 20.6. The Labute approximate surface area is 146 Å². The number of nitrogens with zero attached hydrogens (tertiary/aromatic N) is 3. The van der Waals surface area contributed by atoms with Gasteiger partial charge in [0.15, 0.2) is 0 Å². The molecule has 1 aliphatic rings. The van der Waals surface area contributed by atoms with E-state index in [-0.39, 0.29) is 6.04 Å². The Kier molecular flexibility index (Phi) is 4.87. The minimum absolute atomic E-state index is 0.123. The van der Waals surface area contributed by atoms with E-state index < -0.39 is 11.8 Å². The second kappa shape index (κ2) is 7.08. The number of nitrogens with one attached hydrogen (secondary N) is 2. The molecule has 4 N–H and O–H groups in total. The van der Waals surface area contributed by atoms with E-state index in [4.69, 9.17) is 5.73 Å². The highest BCUT2D eigenvalue weighted by molar-refractivity contribution is 6.40. The van der Waals surface area contributed by atoms with Crippen LogP contribution in [-0.4, -0.2) is 44.5 Å². The molecule has 3 heterocycles. The molecular formula is C17H24N6O2. The Morgan fingerprint density at radius 3 is 2.84 bits per heavy atom. The third-order valence-electron chi connectivity index (χ3n) is 5.07. The molecule has 1 fully saturated rings. The summed E-state index contributed by atoms with van der Waals surface area (Å²) >= 11 is 0. The molecule has 134 valence electrons. The monoisotopic (exact) mass is 344 g/mol. The number of piperidine rings is 1. The molecule has 1 saturated heterocycles. The van der Waals surface area contributed by atoms with Gasteiger partial charge < -0.3 is 16.0 Å². The lowest BCUT2D eigenvalue weighted by atomic mass is 9.89. The smallest absolute Gasteiger partial charge is 0.314 e. The van der Waals surface area contributed by atoms with Crippen LogP contribution in [0.5, 0.6) is 0 Å². The molecule has 2 aromatic heterocycles. The summed E-state index contributed by atoms with van der Waals surface area (Å²) in [6.07, 6.45) is 6.89. The van der Waals surface area contributed by atoms with Gasteiger partial charge in [-0.3, -0.25) is 14.7 Å². The Hall–Kier alpha value is -2.64. The molecule has 0 saturated carbocycles. The highest BCUT2D eigenvalue weighted by Gasteiger charge is 2.33. The average Bonchev–Trinajstić information content (AvgIpc) is 3.13. The molecule has 2 atom stereocenters. The molecule has 2 aromatic rings. The lowest BCUT2D eigenvalue weighted by Crippen LogP contribution is -2.50. The molecule has 0 aromatic carbocycles. The zero-order chi connectivity index (χ0) is 18.0. The Bertz CT molecular complexity index is 787. The number of carbonyl (C=O) groups is 2. The van der Waals surface area contributed by atoms with Gasteiger partial charge in [0.1, 0.15) is 5.82 Å². The quantitative estimate of drug-likeness (QED) is 0.735. The van der Waals surface area contributed by atoms with Gasteiger partial charge in [-0.1, -0.05) is 20.3 Å². The van der Waals surface area contributed by atoms with Crippen LogP contribution in [-0.2, 0) is 9.59 Å². The lowest BCUT2D eigenvalue weighted by molar-refractivity contribution is -0.146. The summed E-state index contributed by atoms with van der Waals surface area (Å²) in [6, 6.07) is 0.123. The van der Waals surface area contributed by atoms with Crippen molar-refractivity contribution in [1.29, 1.82) is 0 Å². The fourth-order valence-corrected chi connectivity index (χ4v) is 3.46. The number of pyridine rings is 1. The molecular weight excluding hydrogens is 320 g/mol. The SMILES string of the molecule is CC[C@@H]1CC[C@H](CC)N(C(=O)C(=O)Nc2cnc(N)c3cn[nH]c23)C1. The number of nitrogen functional groups attached to an aromatic ring is 1. The van der Waals surface area contributed by atoms with Crippen molar-refractivity contribution in [2.75, 3.05) is 17.6 Å². The van der Waals surface area contributed by atoms with Crippen molar-refractivity contribution in [3.05, 3.63) is 12.4 Å². The number of likely N-dealkylation sites (tertiary alicyclic amines) is 1. The van der Waals surface area contributed by atoms with Crippen LogP contribution in [0.3, 0.4) is 0 Å². The number of hydrogen-bond acceptors (Lipinski definition) is 5. The van der Waals surface area contributed by atoms with Crippen LogP contribution in [0.4, 0.5) is 11.5 Å². The third kappa shape index (κ3) is 3.29. The second-order valence-electron chi connectivity index (χ2n) is 6.54. The molecule has 0 radical (unpaired) electrons. The van der Waals surface area contributed by atoms with E-state index in [9.17, 15) is 9.59 Å². The number of carbonyl (C=O) groups excluding carboxylic acids is 2. The summed E-state index contributed by atoms with van der Waals surface area (Å²) in [5.74, 6) is -0.370. The molecule has 0 spiro atoms. The Morgan fingerprint density at radius 2 is 2.12 bits per heavy atom. The van der Waals surface area contributed by atoms with Gasteiger partial charge in [0.05, 0.1) is 29.0 Å². The second-order valence-corrected chi connectivity index (χ2v) is 6.54. The number of nitrogens with two attached hydrogens (primary N) is 1. The van der Waals surface area contributed by atoms with Gasteiger partial charge in [-0.05, 0) is 25.2 Å². The van der Waals surface area contributed by atoms with Crippen molar-refractivity contribution < 1.29 is 9.59 Å². The first-order valence-corrected chi connectivity index (χ1v) is 8.74. The fourth-order valence-electron chi connectivity index (χ4n) is 3.46. The van der Waals surface area contributed by atoms with Crippen LogP contribution in [0.15, 0.2) is 12.4 Å². The number of aromatic amines is 1. The van der Waals surface area contributed by atoms with E-state index in [2.05, 4.69) is 27.4 Å². The van der Waals surface area contributed by atoms with Crippen LogP contribution in [0, 0.1) is 5.92 Å². The van der Waals surface area contributed by atoms with Crippen LogP contribution in [0.25, 0.3) is 10.9 Å². The zero-order valence-corrected chi connectivity index (χ0v) is 14.6. The van der Waals surface area contributed by atoms with Crippen molar-refractivity contribution in [2.45, 2.75) is 45.6 Å². The number of anilines is 2. The molecule has 0 unspecified atom stereocenters. The predicted octanol–water partition coefficient (Wildman–Crippen LogP) is 1.91. The number of aromatic nitrogens is 3. The summed E-state index contributed by atoms with van der Waals surface area (Å²) < 4.78 is 0. The maximum Gasteiger partial charge on any atom is 0.314 e. The largest absolute Gasteiger partial charge is 0.383 e. The molecule has 3 rings (SSSR count). The van der Waals surface area contributed by atoms with Crippen molar-refractivity contribution in [1.82, 2.24) is 20.1 Å². The summed E-state index contributed by atoms with van der Waals surface area (Å²) in [5.41, 5.74) is 6.75. The van der Waals surface area contributed by atoms with Gasteiger partial charge in [0.2, 0.25) is 0 Å². The predicted molar refractivity (Wildman–Crippen MR) is 95.7 cm³/mol. The minimum atomic E-state index is -0.655. The number of H-pyrrole nitrogens is 1. The van der Waals surface area contributed by atoms with E-state index >= 15 is 0 Å². The van der Waals surface area contributed by atoms with Gasteiger partial charge in [-0.15, -0.1) is 0 Å². The zero-order valence-electron chi connectivity index (χ0n) is 14.6. The first kappa shape index (κ1) is 17.2. The van der Waals surface area contributed by atoms with Gasteiger partial charge >= 0.3 is 11.8 Å². The minimum Gasteiger partial charge on any atom is -0.383 e. The number of hydrogen-bond donors (Lipinski definition) is 3. The van der Waals surface area contributed by atoms with Crippen molar-refractivity contribution in [2.24, 2.45) is 5.92 Å². The van der Waals surface area contributed by atoms with E-state index in [1.165, 1.54) is 6.20 Å². The first-order valence-electron chi connectivity index (χ1n) is 8.74. The van der Waals surface area contributed by atoms with Crippen LogP contribution < -0.4 is 11.1 Å². The van der Waals surface area contributed by atoms with E-state index in [1.807, 2.05) is 6.92 Å². The van der Waals surface area contributed by atoms with Crippen LogP contribution in [0.1, 0.15) is 39.5 Å². The molecule has 0 aliphatic carbocycles. The maximum absolute atomic E-state index is 12.7. The third-order valence-corrected chi connectivity index (χ3v) is 5.07. The van der Waals surface area contributed by atoms with Crippen molar-refractivity contribution >= 4 is 34.2 Å². The van der Waals surface area contributed by atoms with Gasteiger partial charge in [0, 0.05) is 12.6 Å². The molecule has 0 bridgehead atoms. The maximum atomic E-state index is 12.7. The van der Waals surface area contributed by atoms with Crippen molar-refractivity contribution in [3.8, 4) is 0 Å². The first-order chi connectivity index (χ1) is 12.0. The Balaban J connectivity index is 1.78. The van der Waals surface area contributed by atoms with E-state index in [0.717, 1.165) is 25.7 Å². The van der Waals surface area contributed by atoms with E-state index in [1.54, 1.807) is 11.1 Å². The topological polar surface area (TPSA) is 117 Å². The van der Waals surface area contributed by atoms with Crippen LogP contribution >= 0.6 is 0 Å². The van der Waals surface area contributed by atoms with Gasteiger partial charge in [0.25, 0.3) is 0 Å². The molecule has 2 amide bonds. The average molecular weight is 344 g/mol. The van der Waals surface area contributed by atoms with Gasteiger partial charge in [-0.2, -0.15) is 5.10 Å². The highest BCUT2D eigenvalue weighted by Crippen LogP contribution is 2.27. The fraction of sp³-hybridized carbons (Fsp3) is 0.529. The molecule has 25 heavy (non-hydrogen) atoms. The van der Waals surface area contributed by atoms with Crippen LogP contribution in [0.2, 0.25) is 0 Å². The summed E-state index contributed by atoms with van der Waals surface area (Å²) in [6.45, 7) is 4.81. The lowest BCUT2D eigenvalue weighted by Gasteiger charge is -2.38. The molecule has 1 aliphatic heterocycles. The van der Waals surface area contributed by atoms with Crippen molar-refractivity contribution in [3.63, 3.8) is 0 Å². The molecule has 8 nitrogen and oxygen atoms in total. The Morgan fingerprint density at radius 1 is 1.32 bits per heavy atom. The van der Waals surface area contributed by atoms with E-state index in [0.29, 0.717) is 34.9 Å². The summed E-state index contributed by atoms with van der Waals surface area (Å²) in [4.78, 5) is 31.0. The number of fused-ring (bicyclic) bond motifs is 1. The number of rotatable bonds is 3. The summed E-state index contributed by atoms with van der Waals surface area (Å²) in [7, 11) is 0.